The van der Waals surface area contributed by atoms with Crippen molar-refractivity contribution >= 4 is 11.8 Å². The predicted molar refractivity (Wildman–Crippen MR) is 52.9 cm³/mol. The maximum absolute atomic E-state index is 11.3. The van der Waals surface area contributed by atoms with E-state index in [9.17, 15) is 9.59 Å². The minimum atomic E-state index is -0.120. The molecule has 0 radical (unpaired) electrons. The minimum Gasteiger partial charge on any atom is -0.457 e. The van der Waals surface area contributed by atoms with Crippen LogP contribution >= 0.6 is 0 Å². The average molecular weight is 204 g/mol. The summed E-state index contributed by atoms with van der Waals surface area (Å²) >= 11 is 0. The summed E-state index contributed by atoms with van der Waals surface area (Å²) in [5, 5.41) is 0. The van der Waals surface area contributed by atoms with Crippen molar-refractivity contribution in [1.82, 2.24) is 0 Å². The molecule has 0 N–H and O–H groups in total. The van der Waals surface area contributed by atoms with Gasteiger partial charge in [-0.15, -0.1) is 0 Å². The molecular weight excluding hydrogens is 192 g/mol. The molecule has 1 heterocycles. The highest BCUT2D eigenvalue weighted by Gasteiger charge is 2.43. The molecule has 0 aromatic rings. The van der Waals surface area contributed by atoms with Crippen molar-refractivity contribution in [3.63, 3.8) is 0 Å². The lowest BCUT2D eigenvalue weighted by Gasteiger charge is -2.32. The quantitative estimate of drug-likeness (QED) is 0.560. The molecule has 15 heavy (non-hydrogen) atoms. The molecule has 3 unspecified atom stereocenters. The van der Waals surface area contributed by atoms with E-state index in [1.165, 1.54) is 0 Å². The highest BCUT2D eigenvalue weighted by molar-refractivity contribution is 6.01. The zero-order valence-electron chi connectivity index (χ0n) is 8.31. The second kappa shape index (κ2) is 3.05. The molecule has 0 bridgehead atoms. The van der Waals surface area contributed by atoms with Gasteiger partial charge in [0.05, 0.1) is 6.42 Å². The van der Waals surface area contributed by atoms with E-state index in [0.717, 1.165) is 18.4 Å². The fourth-order valence-corrected chi connectivity index (χ4v) is 2.79. The Bertz CT molecular complexity index is 392. The first kappa shape index (κ1) is 8.89. The van der Waals surface area contributed by atoms with Crippen molar-refractivity contribution in [2.45, 2.75) is 25.4 Å². The molecule has 3 aliphatic rings. The van der Waals surface area contributed by atoms with Gasteiger partial charge in [-0.2, -0.15) is 0 Å². The summed E-state index contributed by atoms with van der Waals surface area (Å²) in [6, 6.07) is 0. The molecule has 1 aliphatic heterocycles. The lowest BCUT2D eigenvalue weighted by atomic mass is 9.74. The van der Waals surface area contributed by atoms with Crippen molar-refractivity contribution in [3.05, 3.63) is 23.8 Å². The number of hydrogen-bond acceptors (Lipinski definition) is 3. The number of fused-ring (bicyclic) bond motifs is 3. The molecule has 1 saturated heterocycles. The van der Waals surface area contributed by atoms with Gasteiger partial charge in [0.25, 0.3) is 0 Å². The van der Waals surface area contributed by atoms with E-state index < -0.39 is 0 Å². The van der Waals surface area contributed by atoms with E-state index in [2.05, 4.69) is 0 Å². The van der Waals surface area contributed by atoms with E-state index >= 15 is 0 Å². The number of allylic oxidation sites excluding steroid dienone is 3. The van der Waals surface area contributed by atoms with Crippen LogP contribution in [-0.2, 0) is 14.3 Å². The Balaban J connectivity index is 1.95. The summed E-state index contributed by atoms with van der Waals surface area (Å²) in [6.45, 7) is 0. The van der Waals surface area contributed by atoms with Crippen LogP contribution in [0, 0.1) is 11.8 Å². The number of ether oxygens (including phenoxy) is 1. The SMILES string of the molecule is O=C1C=CC2CCC3CC(=O)OC3C2=C1. The van der Waals surface area contributed by atoms with Crippen molar-refractivity contribution in [1.29, 1.82) is 0 Å². The van der Waals surface area contributed by atoms with E-state index in [1.807, 2.05) is 6.08 Å². The Kier molecular flexibility index (Phi) is 1.81. The second-order valence-corrected chi connectivity index (χ2v) is 4.46. The summed E-state index contributed by atoms with van der Waals surface area (Å²) < 4.78 is 5.29. The van der Waals surface area contributed by atoms with Gasteiger partial charge in [-0.1, -0.05) is 6.08 Å². The molecule has 3 atom stereocenters. The molecule has 78 valence electrons. The third kappa shape index (κ3) is 1.34. The number of ketones is 1. The zero-order chi connectivity index (χ0) is 10.4. The highest BCUT2D eigenvalue weighted by Crippen LogP contribution is 2.42. The van der Waals surface area contributed by atoms with Gasteiger partial charge < -0.3 is 4.74 Å². The summed E-state index contributed by atoms with van der Waals surface area (Å²) in [5.74, 6) is 0.521. The first-order valence-electron chi connectivity index (χ1n) is 5.37. The number of carbonyl (C=O) groups excluding carboxylic acids is 2. The van der Waals surface area contributed by atoms with Crippen LogP contribution < -0.4 is 0 Å². The molecule has 0 amide bonds. The Labute approximate surface area is 87.8 Å². The van der Waals surface area contributed by atoms with E-state index in [4.69, 9.17) is 4.74 Å². The number of rotatable bonds is 0. The summed E-state index contributed by atoms with van der Waals surface area (Å²) in [7, 11) is 0. The van der Waals surface area contributed by atoms with Crippen LogP contribution in [0.2, 0.25) is 0 Å². The molecule has 3 nitrogen and oxygen atoms in total. The van der Waals surface area contributed by atoms with Gasteiger partial charge in [0, 0.05) is 11.8 Å². The van der Waals surface area contributed by atoms with Crippen LogP contribution in [-0.4, -0.2) is 17.9 Å². The summed E-state index contributed by atoms with van der Waals surface area (Å²) in [4.78, 5) is 22.5. The largest absolute Gasteiger partial charge is 0.457 e. The molecule has 3 heteroatoms. The molecule has 0 aromatic carbocycles. The molecule has 1 saturated carbocycles. The average Bonchev–Trinajstić information content (AvgIpc) is 2.58. The molecule has 2 aliphatic carbocycles. The number of hydrogen-bond donors (Lipinski definition) is 0. The third-order valence-electron chi connectivity index (χ3n) is 3.52. The van der Waals surface area contributed by atoms with Crippen LogP contribution in [0.15, 0.2) is 23.8 Å². The van der Waals surface area contributed by atoms with Gasteiger partial charge in [0.2, 0.25) is 0 Å². The first-order chi connectivity index (χ1) is 7.24. The lowest BCUT2D eigenvalue weighted by Crippen LogP contribution is -2.30. The molecule has 3 rings (SSSR count). The topological polar surface area (TPSA) is 43.4 Å². The van der Waals surface area contributed by atoms with Crippen LogP contribution in [0.3, 0.4) is 0 Å². The fraction of sp³-hybridized carbons (Fsp3) is 0.500. The monoisotopic (exact) mass is 204 g/mol. The van der Waals surface area contributed by atoms with E-state index in [1.54, 1.807) is 12.2 Å². The van der Waals surface area contributed by atoms with Gasteiger partial charge in [0.1, 0.15) is 6.10 Å². The maximum Gasteiger partial charge on any atom is 0.306 e. The first-order valence-corrected chi connectivity index (χ1v) is 5.37. The summed E-state index contributed by atoms with van der Waals surface area (Å²) in [5.41, 5.74) is 1.02. The lowest BCUT2D eigenvalue weighted by molar-refractivity contribution is -0.140. The van der Waals surface area contributed by atoms with Crippen LogP contribution in [0.25, 0.3) is 0 Å². The predicted octanol–water partition coefficient (Wildman–Crippen LogP) is 1.39. The minimum absolute atomic E-state index is 0.0184. The molecule has 2 fully saturated rings. The van der Waals surface area contributed by atoms with Crippen molar-refractivity contribution in [2.24, 2.45) is 11.8 Å². The normalized spacial score (nSPS) is 38.1. The van der Waals surface area contributed by atoms with Crippen molar-refractivity contribution in [3.8, 4) is 0 Å². The van der Waals surface area contributed by atoms with Crippen molar-refractivity contribution < 1.29 is 14.3 Å². The van der Waals surface area contributed by atoms with E-state index in [-0.39, 0.29) is 17.9 Å². The van der Waals surface area contributed by atoms with Gasteiger partial charge in [-0.25, -0.2) is 0 Å². The Morgan fingerprint density at radius 1 is 1.27 bits per heavy atom. The van der Waals surface area contributed by atoms with Crippen molar-refractivity contribution in [2.75, 3.05) is 0 Å². The van der Waals surface area contributed by atoms with Gasteiger partial charge >= 0.3 is 5.97 Å². The van der Waals surface area contributed by atoms with Gasteiger partial charge in [-0.3, -0.25) is 9.59 Å². The number of carbonyl (C=O) groups is 2. The third-order valence-corrected chi connectivity index (χ3v) is 3.52. The van der Waals surface area contributed by atoms with Gasteiger partial charge in [-0.05, 0) is 30.6 Å². The Morgan fingerprint density at radius 2 is 2.13 bits per heavy atom. The van der Waals surface area contributed by atoms with Crippen LogP contribution in [0.5, 0.6) is 0 Å². The number of esters is 1. The zero-order valence-corrected chi connectivity index (χ0v) is 8.31. The Morgan fingerprint density at radius 3 is 3.00 bits per heavy atom. The van der Waals surface area contributed by atoms with E-state index in [0.29, 0.717) is 18.3 Å². The molecule has 0 spiro atoms. The van der Waals surface area contributed by atoms with Gasteiger partial charge in [0.15, 0.2) is 5.78 Å². The molecule has 0 aromatic heterocycles. The highest BCUT2D eigenvalue weighted by atomic mass is 16.6. The Hall–Kier alpha value is -1.38. The smallest absolute Gasteiger partial charge is 0.306 e. The van der Waals surface area contributed by atoms with Crippen LogP contribution in [0.1, 0.15) is 19.3 Å². The second-order valence-electron chi connectivity index (χ2n) is 4.46. The standard InChI is InChI=1S/C12H12O3/c13-9-4-3-7-1-2-8-5-11(14)15-12(8)10(7)6-9/h3-4,6-8,12H,1-2,5H2. The molecular formula is C12H12O3. The summed E-state index contributed by atoms with van der Waals surface area (Å²) in [6.07, 6.45) is 7.67. The van der Waals surface area contributed by atoms with Crippen LogP contribution in [0.4, 0.5) is 0 Å². The maximum atomic E-state index is 11.3. The fourth-order valence-electron chi connectivity index (χ4n) is 2.79.